The zero-order valence-corrected chi connectivity index (χ0v) is 24.1. The molecule has 2 unspecified atom stereocenters. The maximum Gasteiger partial charge on any atom is 0.154 e. The molecule has 0 amide bonds. The molecule has 2 aliphatic carbocycles. The number of hydrogen-bond donors (Lipinski definition) is 2. The van der Waals surface area contributed by atoms with E-state index in [1.54, 1.807) is 7.11 Å². The lowest BCUT2D eigenvalue weighted by atomic mass is 9.86. The summed E-state index contributed by atoms with van der Waals surface area (Å²) in [6.07, 6.45) is 3.59. The molecule has 0 heterocycles. The fourth-order valence-corrected chi connectivity index (χ4v) is 6.54. The van der Waals surface area contributed by atoms with Crippen LogP contribution in [0.15, 0.2) is 48.5 Å². The van der Waals surface area contributed by atoms with E-state index in [-0.39, 0.29) is 0 Å². The van der Waals surface area contributed by atoms with Crippen LogP contribution in [0.5, 0.6) is 5.75 Å². The number of nitrogens with one attached hydrogen (secondary N) is 1. The first-order valence-electron chi connectivity index (χ1n) is 14.3. The van der Waals surface area contributed by atoms with E-state index in [1.165, 1.54) is 57.3 Å². The fraction of sp³-hybridized carbons (Fsp3) is 0.471. The second-order valence-electron chi connectivity index (χ2n) is 11.4. The Balaban J connectivity index is 1.30. The van der Waals surface area contributed by atoms with E-state index in [4.69, 9.17) is 14.2 Å². The minimum atomic E-state index is -0.692. The zero-order valence-electron chi connectivity index (χ0n) is 24.1. The van der Waals surface area contributed by atoms with Gasteiger partial charge in [-0.05, 0) is 127 Å². The quantitative estimate of drug-likeness (QED) is 0.194. The van der Waals surface area contributed by atoms with E-state index in [2.05, 4.69) is 74.6 Å². The Hall–Kier alpha value is -2.86. The summed E-state index contributed by atoms with van der Waals surface area (Å²) in [5.41, 5.74) is 11.9. The molecule has 1 saturated carbocycles. The predicted octanol–water partition coefficient (Wildman–Crippen LogP) is 7.08. The van der Waals surface area contributed by atoms with Crippen LogP contribution in [0.25, 0.3) is 11.1 Å². The van der Waals surface area contributed by atoms with Gasteiger partial charge in [0.1, 0.15) is 12.4 Å². The van der Waals surface area contributed by atoms with Crippen molar-refractivity contribution in [1.29, 1.82) is 0 Å². The van der Waals surface area contributed by atoms with Crippen molar-refractivity contribution in [2.75, 3.05) is 32.2 Å². The van der Waals surface area contributed by atoms with Crippen LogP contribution in [0.4, 0.5) is 5.69 Å². The van der Waals surface area contributed by atoms with Gasteiger partial charge in [0.05, 0.1) is 6.61 Å². The van der Waals surface area contributed by atoms with Crippen molar-refractivity contribution in [2.45, 2.75) is 72.1 Å². The number of hydrogen-bond acceptors (Lipinski definition) is 5. The van der Waals surface area contributed by atoms with Gasteiger partial charge in [-0.15, -0.1) is 0 Å². The number of ether oxygens (including phenoxy) is 3. The summed E-state index contributed by atoms with van der Waals surface area (Å²) >= 11 is 0. The zero-order chi connectivity index (χ0) is 27.6. The number of fused-ring (bicyclic) bond motifs is 1. The maximum absolute atomic E-state index is 10.2. The third kappa shape index (κ3) is 5.86. The Kier molecular flexibility index (Phi) is 8.32. The van der Waals surface area contributed by atoms with Crippen LogP contribution in [-0.4, -0.2) is 38.3 Å². The highest BCUT2D eigenvalue weighted by molar-refractivity contribution is 5.75. The van der Waals surface area contributed by atoms with Crippen molar-refractivity contribution in [2.24, 2.45) is 5.41 Å². The summed E-state index contributed by atoms with van der Waals surface area (Å²) in [5.74, 6) is 1.29. The van der Waals surface area contributed by atoms with E-state index >= 15 is 0 Å². The van der Waals surface area contributed by atoms with Gasteiger partial charge in [0, 0.05) is 32.4 Å². The molecule has 2 atom stereocenters. The summed E-state index contributed by atoms with van der Waals surface area (Å²) < 4.78 is 16.5. The van der Waals surface area contributed by atoms with E-state index in [9.17, 15) is 5.11 Å². The molecule has 208 valence electrons. The first kappa shape index (κ1) is 27.7. The molecule has 5 nitrogen and oxygen atoms in total. The Labute approximate surface area is 233 Å². The van der Waals surface area contributed by atoms with E-state index in [0.717, 1.165) is 24.4 Å². The smallest absolute Gasteiger partial charge is 0.154 e. The molecule has 0 saturated heterocycles. The maximum atomic E-state index is 10.2. The number of aliphatic hydroxyl groups excluding tert-OH is 1. The Morgan fingerprint density at radius 2 is 1.79 bits per heavy atom. The van der Waals surface area contributed by atoms with E-state index in [0.29, 0.717) is 37.6 Å². The van der Waals surface area contributed by atoms with Crippen LogP contribution < -0.4 is 10.1 Å². The van der Waals surface area contributed by atoms with Gasteiger partial charge in [-0.25, -0.2) is 0 Å². The highest BCUT2D eigenvalue weighted by Crippen LogP contribution is 2.64. The minimum Gasteiger partial charge on any atom is -0.491 e. The normalized spacial score (nSPS) is 17.7. The summed E-state index contributed by atoms with van der Waals surface area (Å²) in [7, 11) is 1.58. The monoisotopic (exact) mass is 529 g/mol. The molecule has 0 bridgehead atoms. The molecule has 1 fully saturated rings. The van der Waals surface area contributed by atoms with Gasteiger partial charge in [0.2, 0.25) is 0 Å². The molecule has 0 aliphatic heterocycles. The molecular weight excluding hydrogens is 486 g/mol. The number of benzene rings is 3. The van der Waals surface area contributed by atoms with Crippen molar-refractivity contribution in [3.8, 4) is 16.9 Å². The molecule has 5 rings (SSSR count). The van der Waals surface area contributed by atoms with Gasteiger partial charge in [0.15, 0.2) is 6.29 Å². The Bertz CT molecular complexity index is 1290. The average molecular weight is 530 g/mol. The second kappa shape index (κ2) is 11.7. The average Bonchev–Trinajstić information content (AvgIpc) is 3.63. The van der Waals surface area contributed by atoms with Crippen LogP contribution in [-0.2, 0) is 22.4 Å². The lowest BCUT2D eigenvalue weighted by molar-refractivity contribution is -0.0850. The first-order chi connectivity index (χ1) is 18.8. The second-order valence-corrected chi connectivity index (χ2v) is 11.4. The molecule has 0 aromatic heterocycles. The number of anilines is 1. The topological polar surface area (TPSA) is 60.0 Å². The summed E-state index contributed by atoms with van der Waals surface area (Å²) in [6, 6.07) is 17.7. The van der Waals surface area contributed by atoms with Crippen molar-refractivity contribution in [1.82, 2.24) is 0 Å². The van der Waals surface area contributed by atoms with Crippen molar-refractivity contribution < 1.29 is 19.3 Å². The molecule has 3 aromatic rings. The van der Waals surface area contributed by atoms with Crippen LogP contribution in [0.3, 0.4) is 0 Å². The van der Waals surface area contributed by atoms with Gasteiger partial charge in [0.25, 0.3) is 0 Å². The number of methoxy groups -OCH3 is 1. The van der Waals surface area contributed by atoms with Crippen LogP contribution in [0, 0.1) is 26.2 Å². The predicted molar refractivity (Wildman–Crippen MR) is 158 cm³/mol. The molecule has 3 aromatic carbocycles. The molecule has 5 heteroatoms. The van der Waals surface area contributed by atoms with E-state index < -0.39 is 6.29 Å². The Morgan fingerprint density at radius 1 is 1.03 bits per heavy atom. The number of aryl methyl sites for hydroxylation is 2. The summed E-state index contributed by atoms with van der Waals surface area (Å²) in [5, 5.41) is 13.8. The number of rotatable bonds is 12. The number of aliphatic hydroxyl groups is 1. The van der Waals surface area contributed by atoms with Gasteiger partial charge in [-0.3, -0.25) is 0 Å². The van der Waals surface area contributed by atoms with Gasteiger partial charge in [-0.1, -0.05) is 24.3 Å². The van der Waals surface area contributed by atoms with Crippen LogP contribution >= 0.6 is 0 Å². The third-order valence-electron chi connectivity index (χ3n) is 8.81. The van der Waals surface area contributed by atoms with Gasteiger partial charge < -0.3 is 24.6 Å². The SMILES string of the molecule is CCOCCOc1cc(C)c(-c2cccc(CNc3ccc4c(c3)CC3(CC3)C4CC(O)OC)c2C)c(C)c1. The molecule has 0 radical (unpaired) electrons. The molecular formula is C34H43NO4. The third-order valence-corrected chi connectivity index (χ3v) is 8.81. The van der Waals surface area contributed by atoms with Crippen molar-refractivity contribution in [3.63, 3.8) is 0 Å². The van der Waals surface area contributed by atoms with Crippen molar-refractivity contribution >= 4 is 5.69 Å². The summed E-state index contributed by atoms with van der Waals surface area (Å²) in [6.45, 7) is 11.2. The van der Waals surface area contributed by atoms with Crippen molar-refractivity contribution in [3.05, 3.63) is 81.9 Å². The van der Waals surface area contributed by atoms with Crippen LogP contribution in [0.2, 0.25) is 0 Å². The molecule has 2 N–H and O–H groups in total. The standard InChI is InChI=1S/C34H43NO4/c1-6-38-14-15-39-28-16-22(2)33(23(3)17-28)29-9-7-8-25(24(29)4)21-35-27-10-11-30-26(18-27)20-34(12-13-34)31(30)19-32(36)37-5/h7-11,16-18,31-32,35-36H,6,12-15,19-21H2,1-5H3. The minimum absolute atomic E-state index is 0.338. The first-order valence-corrected chi connectivity index (χ1v) is 14.3. The highest BCUT2D eigenvalue weighted by Gasteiger charge is 2.54. The lowest BCUT2D eigenvalue weighted by Gasteiger charge is -2.22. The van der Waals surface area contributed by atoms with Gasteiger partial charge >= 0.3 is 0 Å². The summed E-state index contributed by atoms with van der Waals surface area (Å²) in [4.78, 5) is 0. The van der Waals surface area contributed by atoms with Gasteiger partial charge in [-0.2, -0.15) is 0 Å². The van der Waals surface area contributed by atoms with Crippen LogP contribution in [0.1, 0.15) is 65.5 Å². The lowest BCUT2D eigenvalue weighted by Crippen LogP contribution is -2.18. The Morgan fingerprint density at radius 3 is 2.49 bits per heavy atom. The highest BCUT2D eigenvalue weighted by atomic mass is 16.6. The molecule has 39 heavy (non-hydrogen) atoms. The molecule has 1 spiro atoms. The largest absolute Gasteiger partial charge is 0.491 e. The fourth-order valence-electron chi connectivity index (χ4n) is 6.54. The molecule has 2 aliphatic rings. The van der Waals surface area contributed by atoms with E-state index in [1.807, 2.05) is 6.92 Å².